The quantitative estimate of drug-likeness (QED) is 0.785. The van der Waals surface area contributed by atoms with Crippen LogP contribution in [0, 0.1) is 6.92 Å². The molecule has 0 aliphatic rings. The van der Waals surface area contributed by atoms with E-state index in [4.69, 9.17) is 0 Å². The number of rotatable bonds is 6. The van der Waals surface area contributed by atoms with Crippen LogP contribution < -0.4 is 5.32 Å². The van der Waals surface area contributed by atoms with Crippen LogP contribution >= 0.6 is 11.8 Å². The van der Waals surface area contributed by atoms with Crippen molar-refractivity contribution in [2.45, 2.75) is 44.6 Å². The minimum atomic E-state index is 0.122. The van der Waals surface area contributed by atoms with Crippen LogP contribution in [-0.4, -0.2) is 17.7 Å². The second-order valence-corrected chi connectivity index (χ2v) is 5.41. The van der Waals surface area contributed by atoms with E-state index in [1.54, 1.807) is 11.8 Å². The van der Waals surface area contributed by atoms with Gasteiger partial charge in [0, 0.05) is 10.9 Å². The van der Waals surface area contributed by atoms with Crippen LogP contribution in [0.4, 0.5) is 0 Å². The zero-order valence-corrected chi connectivity index (χ0v) is 11.6. The average Bonchev–Trinajstić information content (AvgIpc) is 2.28. The lowest BCUT2D eigenvalue weighted by atomic mass is 10.2. The van der Waals surface area contributed by atoms with E-state index >= 15 is 0 Å². The van der Waals surface area contributed by atoms with Crippen molar-refractivity contribution < 1.29 is 4.79 Å². The number of hydrogen-bond donors (Lipinski definition) is 1. The van der Waals surface area contributed by atoms with Crippen molar-refractivity contribution >= 4 is 17.7 Å². The van der Waals surface area contributed by atoms with Crippen LogP contribution in [0.2, 0.25) is 0 Å². The maximum absolute atomic E-state index is 11.6. The van der Waals surface area contributed by atoms with Gasteiger partial charge in [-0.05, 0) is 32.4 Å². The predicted molar refractivity (Wildman–Crippen MR) is 74.4 cm³/mol. The van der Waals surface area contributed by atoms with Crippen LogP contribution in [0.1, 0.15) is 32.3 Å². The van der Waals surface area contributed by atoms with Gasteiger partial charge in [-0.15, -0.1) is 11.8 Å². The molecule has 1 N–H and O–H groups in total. The van der Waals surface area contributed by atoms with E-state index in [9.17, 15) is 4.79 Å². The molecule has 1 aromatic rings. The molecule has 3 heteroatoms. The summed E-state index contributed by atoms with van der Waals surface area (Å²) in [6.45, 7) is 6.25. The van der Waals surface area contributed by atoms with E-state index in [1.807, 2.05) is 0 Å². The van der Waals surface area contributed by atoms with Crippen LogP contribution in [0.15, 0.2) is 29.2 Å². The monoisotopic (exact) mass is 251 g/mol. The molecule has 17 heavy (non-hydrogen) atoms. The minimum Gasteiger partial charge on any atom is -0.353 e. The number of thioether (sulfide) groups is 1. The van der Waals surface area contributed by atoms with Gasteiger partial charge in [0.05, 0.1) is 5.75 Å². The summed E-state index contributed by atoms with van der Waals surface area (Å²) >= 11 is 1.59. The smallest absolute Gasteiger partial charge is 0.230 e. The van der Waals surface area contributed by atoms with Gasteiger partial charge in [-0.2, -0.15) is 0 Å². The van der Waals surface area contributed by atoms with Gasteiger partial charge >= 0.3 is 0 Å². The maximum Gasteiger partial charge on any atom is 0.230 e. The third-order valence-corrected chi connectivity index (χ3v) is 3.53. The molecule has 0 spiro atoms. The van der Waals surface area contributed by atoms with Gasteiger partial charge in [0.1, 0.15) is 0 Å². The Bertz CT molecular complexity index is 348. The summed E-state index contributed by atoms with van der Waals surface area (Å²) < 4.78 is 0. The van der Waals surface area contributed by atoms with Gasteiger partial charge < -0.3 is 5.32 Å². The molecule has 0 fully saturated rings. The molecule has 1 aromatic carbocycles. The lowest BCUT2D eigenvalue weighted by molar-refractivity contribution is -0.119. The first-order valence-electron chi connectivity index (χ1n) is 6.10. The second kappa shape index (κ2) is 7.38. The van der Waals surface area contributed by atoms with Crippen LogP contribution in [0.5, 0.6) is 0 Å². The molecule has 0 aliphatic carbocycles. The molecule has 1 rings (SSSR count). The summed E-state index contributed by atoms with van der Waals surface area (Å²) in [5, 5.41) is 3.00. The fourth-order valence-electron chi connectivity index (χ4n) is 1.61. The molecule has 1 amide bonds. The third kappa shape index (κ3) is 5.78. The lowest BCUT2D eigenvalue weighted by Crippen LogP contribution is -2.33. The highest BCUT2D eigenvalue weighted by Crippen LogP contribution is 2.17. The zero-order valence-electron chi connectivity index (χ0n) is 10.8. The Hall–Kier alpha value is -0.960. The van der Waals surface area contributed by atoms with E-state index in [2.05, 4.69) is 50.4 Å². The summed E-state index contributed by atoms with van der Waals surface area (Å²) in [4.78, 5) is 12.8. The number of benzene rings is 1. The molecular formula is C14H21NOS. The highest BCUT2D eigenvalue weighted by molar-refractivity contribution is 8.00. The fourth-order valence-corrected chi connectivity index (χ4v) is 2.31. The maximum atomic E-state index is 11.6. The van der Waals surface area contributed by atoms with Crippen LogP contribution in [0.3, 0.4) is 0 Å². The molecule has 2 nitrogen and oxygen atoms in total. The fraction of sp³-hybridized carbons (Fsp3) is 0.500. The first-order chi connectivity index (χ1) is 8.11. The SMILES string of the molecule is CCC[C@H](C)NC(=O)CSc1ccc(C)cc1. The number of aryl methyl sites for hydroxylation is 1. The molecule has 1 atom stereocenters. The molecule has 0 saturated heterocycles. The van der Waals surface area contributed by atoms with Crippen molar-refractivity contribution in [3.05, 3.63) is 29.8 Å². The van der Waals surface area contributed by atoms with E-state index < -0.39 is 0 Å². The third-order valence-electron chi connectivity index (χ3n) is 2.52. The Kier molecular flexibility index (Phi) is 6.12. The highest BCUT2D eigenvalue weighted by atomic mass is 32.2. The Balaban J connectivity index is 2.30. The highest BCUT2D eigenvalue weighted by Gasteiger charge is 2.06. The molecule has 0 bridgehead atoms. The predicted octanol–water partition coefficient (Wildman–Crippen LogP) is 3.39. The normalized spacial score (nSPS) is 12.2. The van der Waals surface area contributed by atoms with Gasteiger partial charge in [-0.25, -0.2) is 0 Å². The van der Waals surface area contributed by atoms with Gasteiger partial charge in [0.2, 0.25) is 5.91 Å². The van der Waals surface area contributed by atoms with Crippen molar-refractivity contribution in [1.29, 1.82) is 0 Å². The van der Waals surface area contributed by atoms with Gasteiger partial charge in [0.15, 0.2) is 0 Å². The molecular weight excluding hydrogens is 230 g/mol. The largest absolute Gasteiger partial charge is 0.353 e. The van der Waals surface area contributed by atoms with Crippen molar-refractivity contribution in [3.63, 3.8) is 0 Å². The summed E-state index contributed by atoms with van der Waals surface area (Å²) in [5.41, 5.74) is 1.25. The average molecular weight is 251 g/mol. The number of amides is 1. The van der Waals surface area contributed by atoms with Gasteiger partial charge in [-0.1, -0.05) is 31.0 Å². The van der Waals surface area contributed by atoms with E-state index in [1.165, 1.54) is 5.56 Å². The number of carbonyl (C=O) groups excluding carboxylic acids is 1. The van der Waals surface area contributed by atoms with Crippen LogP contribution in [-0.2, 0) is 4.79 Å². The van der Waals surface area contributed by atoms with Crippen molar-refractivity contribution in [2.75, 3.05) is 5.75 Å². The molecule has 0 radical (unpaired) electrons. The lowest BCUT2D eigenvalue weighted by Gasteiger charge is -2.12. The van der Waals surface area contributed by atoms with Crippen molar-refractivity contribution in [3.8, 4) is 0 Å². The number of hydrogen-bond acceptors (Lipinski definition) is 2. The number of carbonyl (C=O) groups is 1. The van der Waals surface area contributed by atoms with Gasteiger partial charge in [-0.3, -0.25) is 4.79 Å². The summed E-state index contributed by atoms with van der Waals surface area (Å²) in [6.07, 6.45) is 2.15. The van der Waals surface area contributed by atoms with Crippen molar-refractivity contribution in [2.24, 2.45) is 0 Å². The summed E-state index contributed by atoms with van der Waals surface area (Å²) in [7, 11) is 0. The van der Waals surface area contributed by atoms with E-state index in [-0.39, 0.29) is 11.9 Å². The molecule has 0 heterocycles. The zero-order chi connectivity index (χ0) is 12.7. The molecule has 94 valence electrons. The molecule has 0 aliphatic heterocycles. The Morgan fingerprint density at radius 3 is 2.59 bits per heavy atom. The molecule has 0 unspecified atom stereocenters. The standard InChI is InChI=1S/C14H21NOS/c1-4-5-12(3)15-14(16)10-17-13-8-6-11(2)7-9-13/h6-9,12H,4-5,10H2,1-3H3,(H,15,16)/t12-/m0/s1. The first-order valence-corrected chi connectivity index (χ1v) is 7.09. The molecule has 0 aromatic heterocycles. The van der Waals surface area contributed by atoms with E-state index in [0.717, 1.165) is 17.7 Å². The second-order valence-electron chi connectivity index (χ2n) is 4.36. The van der Waals surface area contributed by atoms with Gasteiger partial charge in [0.25, 0.3) is 0 Å². The van der Waals surface area contributed by atoms with Crippen molar-refractivity contribution in [1.82, 2.24) is 5.32 Å². The summed E-state index contributed by atoms with van der Waals surface area (Å²) in [5.74, 6) is 0.619. The Morgan fingerprint density at radius 2 is 2.00 bits per heavy atom. The van der Waals surface area contributed by atoms with E-state index in [0.29, 0.717) is 5.75 Å². The summed E-state index contributed by atoms with van der Waals surface area (Å²) in [6, 6.07) is 8.54. The topological polar surface area (TPSA) is 29.1 Å². The Labute approximate surface area is 108 Å². The molecule has 0 saturated carbocycles. The minimum absolute atomic E-state index is 0.122. The number of nitrogens with one attached hydrogen (secondary N) is 1. The van der Waals surface area contributed by atoms with Crippen LogP contribution in [0.25, 0.3) is 0 Å². The first kappa shape index (κ1) is 14.1. The Morgan fingerprint density at radius 1 is 1.35 bits per heavy atom.